The van der Waals surface area contributed by atoms with Crippen LogP contribution in [0.2, 0.25) is 0 Å². The molecule has 0 aliphatic rings. The molecule has 1 aromatic carbocycles. The SMILES string of the molecule is CC(C)CCC(=O)NCC(=O)N(CC(=O)O)Cc1cccc(Br)c1. The molecule has 0 heterocycles. The standard InChI is InChI=1S/C17H23BrN2O4/c1-12(2)6-7-15(21)19-9-16(22)20(11-17(23)24)10-13-4-3-5-14(18)8-13/h3-5,8,12H,6-7,9-11H2,1-2H3,(H,19,21)(H,23,24). The number of aliphatic carboxylic acids is 1. The second-order valence-corrected chi connectivity index (χ2v) is 6.90. The second kappa shape index (κ2) is 10.1. The highest BCUT2D eigenvalue weighted by Gasteiger charge is 2.18. The van der Waals surface area contributed by atoms with Crippen LogP contribution < -0.4 is 5.32 Å². The number of nitrogens with one attached hydrogen (secondary N) is 1. The van der Waals surface area contributed by atoms with Crippen molar-refractivity contribution in [3.05, 3.63) is 34.3 Å². The Morgan fingerprint density at radius 2 is 2.00 bits per heavy atom. The molecule has 2 amide bonds. The minimum Gasteiger partial charge on any atom is -0.480 e. The van der Waals surface area contributed by atoms with Crippen molar-refractivity contribution in [2.24, 2.45) is 5.92 Å². The molecule has 2 N–H and O–H groups in total. The predicted octanol–water partition coefficient (Wildman–Crippen LogP) is 2.41. The Kier molecular flexibility index (Phi) is 8.46. The predicted molar refractivity (Wildman–Crippen MR) is 94.3 cm³/mol. The summed E-state index contributed by atoms with van der Waals surface area (Å²) in [7, 11) is 0. The molecular formula is C17H23BrN2O4. The zero-order valence-corrected chi connectivity index (χ0v) is 15.5. The number of nitrogens with zero attached hydrogens (tertiary/aromatic N) is 1. The van der Waals surface area contributed by atoms with E-state index in [1.54, 1.807) is 0 Å². The molecule has 6 nitrogen and oxygen atoms in total. The summed E-state index contributed by atoms with van der Waals surface area (Å²) < 4.78 is 0.852. The van der Waals surface area contributed by atoms with E-state index in [0.29, 0.717) is 12.3 Å². The van der Waals surface area contributed by atoms with Crippen molar-refractivity contribution in [2.45, 2.75) is 33.2 Å². The summed E-state index contributed by atoms with van der Waals surface area (Å²) in [5, 5.41) is 11.6. The lowest BCUT2D eigenvalue weighted by Gasteiger charge is -2.21. The van der Waals surface area contributed by atoms with Gasteiger partial charge in [-0.25, -0.2) is 0 Å². The number of carboxylic acid groups (broad SMARTS) is 1. The van der Waals surface area contributed by atoms with Crippen LogP contribution in [0.25, 0.3) is 0 Å². The average Bonchev–Trinajstić information content (AvgIpc) is 2.49. The summed E-state index contributed by atoms with van der Waals surface area (Å²) in [6.07, 6.45) is 1.10. The van der Waals surface area contributed by atoms with Gasteiger partial charge in [0.15, 0.2) is 0 Å². The van der Waals surface area contributed by atoms with E-state index in [1.165, 1.54) is 4.90 Å². The van der Waals surface area contributed by atoms with Crippen LogP contribution >= 0.6 is 15.9 Å². The maximum Gasteiger partial charge on any atom is 0.323 e. The van der Waals surface area contributed by atoms with Crippen LogP contribution in [0.1, 0.15) is 32.3 Å². The van der Waals surface area contributed by atoms with E-state index < -0.39 is 18.4 Å². The van der Waals surface area contributed by atoms with Crippen LogP contribution in [0.3, 0.4) is 0 Å². The molecule has 1 rings (SSSR count). The Hall–Kier alpha value is -1.89. The lowest BCUT2D eigenvalue weighted by Crippen LogP contribution is -2.42. The van der Waals surface area contributed by atoms with E-state index in [1.807, 2.05) is 38.1 Å². The fourth-order valence-electron chi connectivity index (χ4n) is 2.05. The first kappa shape index (κ1) is 20.2. The van der Waals surface area contributed by atoms with Crippen molar-refractivity contribution >= 4 is 33.7 Å². The molecule has 132 valence electrons. The van der Waals surface area contributed by atoms with Gasteiger partial charge in [-0.2, -0.15) is 0 Å². The zero-order valence-electron chi connectivity index (χ0n) is 13.9. The number of carbonyl (C=O) groups excluding carboxylic acids is 2. The first-order valence-electron chi connectivity index (χ1n) is 7.78. The highest BCUT2D eigenvalue weighted by molar-refractivity contribution is 9.10. The molecule has 0 bridgehead atoms. The first-order chi connectivity index (χ1) is 11.3. The van der Waals surface area contributed by atoms with Gasteiger partial charge in [-0.3, -0.25) is 14.4 Å². The van der Waals surface area contributed by atoms with E-state index in [0.717, 1.165) is 16.5 Å². The number of carboxylic acids is 1. The van der Waals surface area contributed by atoms with Gasteiger partial charge >= 0.3 is 5.97 Å². The topological polar surface area (TPSA) is 86.7 Å². The third-order valence-electron chi connectivity index (χ3n) is 3.33. The van der Waals surface area contributed by atoms with Gasteiger partial charge in [0.1, 0.15) is 6.54 Å². The number of hydrogen-bond acceptors (Lipinski definition) is 3. The summed E-state index contributed by atoms with van der Waals surface area (Å²) >= 11 is 3.34. The second-order valence-electron chi connectivity index (χ2n) is 5.98. The summed E-state index contributed by atoms with van der Waals surface area (Å²) in [5.74, 6) is -1.30. The molecule has 0 saturated heterocycles. The molecule has 0 saturated carbocycles. The summed E-state index contributed by atoms with van der Waals surface area (Å²) in [6, 6.07) is 7.30. The monoisotopic (exact) mass is 398 g/mol. The fourth-order valence-corrected chi connectivity index (χ4v) is 2.49. The number of hydrogen-bond donors (Lipinski definition) is 2. The smallest absolute Gasteiger partial charge is 0.323 e. The third kappa shape index (κ3) is 8.10. The molecule has 0 aliphatic heterocycles. The maximum atomic E-state index is 12.2. The van der Waals surface area contributed by atoms with Crippen LogP contribution in [0.5, 0.6) is 0 Å². The molecule has 1 aromatic rings. The molecule has 0 atom stereocenters. The fraction of sp³-hybridized carbons (Fsp3) is 0.471. The summed E-state index contributed by atoms with van der Waals surface area (Å²) in [5.41, 5.74) is 0.810. The number of halogens is 1. The van der Waals surface area contributed by atoms with Crippen molar-refractivity contribution in [3.8, 4) is 0 Å². The van der Waals surface area contributed by atoms with E-state index in [9.17, 15) is 14.4 Å². The Morgan fingerprint density at radius 1 is 1.29 bits per heavy atom. The van der Waals surface area contributed by atoms with E-state index in [2.05, 4.69) is 21.2 Å². The Bertz CT molecular complexity index is 590. The van der Waals surface area contributed by atoms with Crippen molar-refractivity contribution in [2.75, 3.05) is 13.1 Å². The molecule has 24 heavy (non-hydrogen) atoms. The number of amides is 2. The van der Waals surface area contributed by atoms with E-state index in [4.69, 9.17) is 5.11 Å². The van der Waals surface area contributed by atoms with Crippen molar-refractivity contribution in [3.63, 3.8) is 0 Å². The molecule has 0 radical (unpaired) electrons. The quantitative estimate of drug-likeness (QED) is 0.668. The molecule has 0 fully saturated rings. The minimum absolute atomic E-state index is 0.173. The Balaban J connectivity index is 2.61. The van der Waals surface area contributed by atoms with Crippen LogP contribution in [0, 0.1) is 5.92 Å². The van der Waals surface area contributed by atoms with Crippen LogP contribution in [-0.4, -0.2) is 40.9 Å². The summed E-state index contributed by atoms with van der Waals surface area (Å²) in [6.45, 7) is 3.61. The molecule has 0 unspecified atom stereocenters. The zero-order chi connectivity index (χ0) is 18.1. The molecular weight excluding hydrogens is 376 g/mol. The van der Waals surface area contributed by atoms with Crippen molar-refractivity contribution < 1.29 is 19.5 Å². The van der Waals surface area contributed by atoms with Gasteiger partial charge in [-0.15, -0.1) is 0 Å². The molecule has 0 spiro atoms. The molecule has 7 heteroatoms. The lowest BCUT2D eigenvalue weighted by atomic mass is 10.1. The van der Waals surface area contributed by atoms with Crippen molar-refractivity contribution in [1.29, 1.82) is 0 Å². The Labute approximate surface area is 150 Å². The lowest BCUT2D eigenvalue weighted by molar-refractivity contribution is -0.144. The van der Waals surface area contributed by atoms with Gasteiger partial charge in [0.2, 0.25) is 11.8 Å². The number of rotatable bonds is 9. The van der Waals surface area contributed by atoms with Crippen LogP contribution in [-0.2, 0) is 20.9 Å². The van der Waals surface area contributed by atoms with Gasteiger partial charge in [0.05, 0.1) is 6.54 Å². The highest BCUT2D eigenvalue weighted by Crippen LogP contribution is 2.13. The normalized spacial score (nSPS) is 10.5. The third-order valence-corrected chi connectivity index (χ3v) is 3.82. The van der Waals surface area contributed by atoms with Crippen LogP contribution in [0.4, 0.5) is 0 Å². The molecule has 0 aliphatic carbocycles. The number of carbonyl (C=O) groups is 3. The highest BCUT2D eigenvalue weighted by atomic mass is 79.9. The van der Waals surface area contributed by atoms with E-state index >= 15 is 0 Å². The minimum atomic E-state index is -1.09. The number of benzene rings is 1. The first-order valence-corrected chi connectivity index (χ1v) is 8.58. The van der Waals surface area contributed by atoms with Gasteiger partial charge in [0.25, 0.3) is 0 Å². The Morgan fingerprint density at radius 3 is 2.58 bits per heavy atom. The van der Waals surface area contributed by atoms with Crippen molar-refractivity contribution in [1.82, 2.24) is 10.2 Å². The largest absolute Gasteiger partial charge is 0.480 e. The van der Waals surface area contributed by atoms with Crippen LogP contribution in [0.15, 0.2) is 28.7 Å². The summed E-state index contributed by atoms with van der Waals surface area (Å²) in [4.78, 5) is 36.2. The van der Waals surface area contributed by atoms with Gasteiger partial charge < -0.3 is 15.3 Å². The van der Waals surface area contributed by atoms with E-state index in [-0.39, 0.29) is 19.0 Å². The van der Waals surface area contributed by atoms with Gasteiger partial charge in [-0.1, -0.05) is 41.9 Å². The molecule has 0 aromatic heterocycles. The van der Waals surface area contributed by atoms with Gasteiger partial charge in [-0.05, 0) is 30.0 Å². The average molecular weight is 399 g/mol. The maximum absolute atomic E-state index is 12.2. The van der Waals surface area contributed by atoms with Gasteiger partial charge in [0, 0.05) is 17.4 Å².